The van der Waals surface area contributed by atoms with Gasteiger partial charge < -0.3 is 5.73 Å². The molecule has 0 aliphatic heterocycles. The second-order valence-electron chi connectivity index (χ2n) is 3.44. The van der Waals surface area contributed by atoms with E-state index < -0.39 is 0 Å². The minimum absolute atomic E-state index is 0.546. The molecule has 84 valence electrons. The Morgan fingerprint density at radius 3 is 2.94 bits per heavy atom. The molecule has 3 nitrogen and oxygen atoms in total. The summed E-state index contributed by atoms with van der Waals surface area (Å²) >= 11 is 9.48. The van der Waals surface area contributed by atoms with Gasteiger partial charge in [0.05, 0.1) is 5.69 Å². The molecular formula is C11H11BrClN3. The Morgan fingerprint density at radius 1 is 1.50 bits per heavy atom. The van der Waals surface area contributed by atoms with Gasteiger partial charge >= 0.3 is 0 Å². The molecular weight excluding hydrogens is 289 g/mol. The Hall–Kier alpha value is -1.000. The number of nitrogen functional groups attached to an aromatic ring is 1. The first-order chi connectivity index (χ1) is 7.63. The quantitative estimate of drug-likeness (QED) is 0.889. The average Bonchev–Trinajstić information content (AvgIpc) is 2.63. The van der Waals surface area contributed by atoms with Crippen LogP contribution >= 0.6 is 27.5 Å². The highest BCUT2D eigenvalue weighted by atomic mass is 79.9. The summed E-state index contributed by atoms with van der Waals surface area (Å²) in [6.07, 6.45) is 0.830. The van der Waals surface area contributed by atoms with Crippen molar-refractivity contribution in [2.75, 3.05) is 5.73 Å². The minimum atomic E-state index is 0.546. The summed E-state index contributed by atoms with van der Waals surface area (Å²) in [5.41, 5.74) is 8.71. The number of benzene rings is 1. The summed E-state index contributed by atoms with van der Waals surface area (Å²) in [6, 6.07) is 5.63. The van der Waals surface area contributed by atoms with E-state index in [-0.39, 0.29) is 0 Å². The van der Waals surface area contributed by atoms with Crippen LogP contribution in [0.5, 0.6) is 0 Å². The first-order valence-corrected chi connectivity index (χ1v) is 6.08. The van der Waals surface area contributed by atoms with E-state index in [1.165, 1.54) is 0 Å². The van der Waals surface area contributed by atoms with Crippen molar-refractivity contribution in [3.8, 4) is 11.3 Å². The van der Waals surface area contributed by atoms with Gasteiger partial charge in [-0.3, -0.25) is 5.10 Å². The zero-order chi connectivity index (χ0) is 11.7. The molecule has 0 unspecified atom stereocenters. The molecule has 1 heterocycles. The first-order valence-electron chi connectivity index (χ1n) is 4.91. The predicted octanol–water partition coefficient (Wildman–Crippen LogP) is 3.64. The summed E-state index contributed by atoms with van der Waals surface area (Å²) in [5, 5.41) is 7.66. The van der Waals surface area contributed by atoms with Crippen LogP contribution in [0.4, 0.5) is 5.82 Å². The maximum atomic E-state index is 5.98. The zero-order valence-electron chi connectivity index (χ0n) is 8.72. The third-order valence-electron chi connectivity index (χ3n) is 2.45. The van der Waals surface area contributed by atoms with Crippen molar-refractivity contribution in [2.45, 2.75) is 13.3 Å². The third-order valence-corrected chi connectivity index (χ3v) is 3.38. The lowest BCUT2D eigenvalue weighted by Crippen LogP contribution is -1.91. The number of hydrogen-bond donors (Lipinski definition) is 2. The molecule has 0 atom stereocenters. The van der Waals surface area contributed by atoms with Crippen molar-refractivity contribution in [3.63, 3.8) is 0 Å². The van der Waals surface area contributed by atoms with Crippen LogP contribution in [0.2, 0.25) is 5.02 Å². The minimum Gasteiger partial charge on any atom is -0.382 e. The van der Waals surface area contributed by atoms with Crippen molar-refractivity contribution in [1.82, 2.24) is 10.2 Å². The van der Waals surface area contributed by atoms with E-state index in [1.54, 1.807) is 0 Å². The molecule has 0 bridgehead atoms. The number of aromatic nitrogens is 2. The number of H-pyrrole nitrogens is 1. The SMILES string of the molecule is CCc1c(N)n[nH]c1-c1cc(Cl)ccc1Br. The average molecular weight is 301 g/mol. The lowest BCUT2D eigenvalue weighted by atomic mass is 10.1. The van der Waals surface area contributed by atoms with Gasteiger partial charge in [-0.15, -0.1) is 0 Å². The van der Waals surface area contributed by atoms with Crippen LogP contribution in [0.1, 0.15) is 12.5 Å². The molecule has 0 fully saturated rings. The van der Waals surface area contributed by atoms with Gasteiger partial charge in [-0.05, 0) is 24.6 Å². The second-order valence-corrected chi connectivity index (χ2v) is 4.73. The van der Waals surface area contributed by atoms with Crippen molar-refractivity contribution in [1.29, 1.82) is 0 Å². The maximum Gasteiger partial charge on any atom is 0.149 e. The van der Waals surface area contributed by atoms with E-state index >= 15 is 0 Å². The molecule has 0 saturated carbocycles. The Balaban J connectivity index is 2.62. The fourth-order valence-corrected chi connectivity index (χ4v) is 2.27. The molecule has 0 saturated heterocycles. The molecule has 1 aromatic carbocycles. The molecule has 0 aliphatic carbocycles. The molecule has 0 amide bonds. The molecule has 16 heavy (non-hydrogen) atoms. The highest BCUT2D eigenvalue weighted by Gasteiger charge is 2.13. The molecule has 5 heteroatoms. The number of nitrogens with zero attached hydrogens (tertiary/aromatic N) is 1. The van der Waals surface area contributed by atoms with E-state index in [2.05, 4.69) is 26.1 Å². The molecule has 2 rings (SSSR count). The lowest BCUT2D eigenvalue weighted by molar-refractivity contribution is 1.10. The second kappa shape index (κ2) is 4.47. The number of hydrogen-bond acceptors (Lipinski definition) is 2. The van der Waals surface area contributed by atoms with Crippen molar-refractivity contribution < 1.29 is 0 Å². The highest BCUT2D eigenvalue weighted by Crippen LogP contribution is 2.33. The van der Waals surface area contributed by atoms with Crippen LogP contribution in [0, 0.1) is 0 Å². The lowest BCUT2D eigenvalue weighted by Gasteiger charge is -2.05. The normalized spacial score (nSPS) is 10.7. The fraction of sp³-hybridized carbons (Fsp3) is 0.182. The molecule has 2 aromatic rings. The van der Waals surface area contributed by atoms with Gasteiger partial charge in [0.2, 0.25) is 0 Å². The summed E-state index contributed by atoms with van der Waals surface area (Å²) in [7, 11) is 0. The molecule has 1 aromatic heterocycles. The Kier molecular flexibility index (Phi) is 3.21. The van der Waals surface area contributed by atoms with Gasteiger partial charge in [-0.2, -0.15) is 5.10 Å². The Labute approximate surface area is 107 Å². The van der Waals surface area contributed by atoms with Crippen LogP contribution in [0.25, 0.3) is 11.3 Å². The number of rotatable bonds is 2. The van der Waals surface area contributed by atoms with Crippen LogP contribution in [0.15, 0.2) is 22.7 Å². The monoisotopic (exact) mass is 299 g/mol. The van der Waals surface area contributed by atoms with E-state index in [0.29, 0.717) is 10.8 Å². The summed E-state index contributed by atoms with van der Waals surface area (Å²) in [4.78, 5) is 0. The van der Waals surface area contributed by atoms with E-state index in [0.717, 1.165) is 27.7 Å². The summed E-state index contributed by atoms with van der Waals surface area (Å²) in [6.45, 7) is 2.04. The zero-order valence-corrected chi connectivity index (χ0v) is 11.1. The Bertz CT molecular complexity index is 522. The van der Waals surface area contributed by atoms with Crippen molar-refractivity contribution in [3.05, 3.63) is 33.3 Å². The van der Waals surface area contributed by atoms with Gasteiger partial charge in [0, 0.05) is 20.6 Å². The summed E-state index contributed by atoms with van der Waals surface area (Å²) in [5.74, 6) is 0.546. The predicted molar refractivity (Wildman–Crippen MR) is 70.5 cm³/mol. The van der Waals surface area contributed by atoms with Gasteiger partial charge in [-0.1, -0.05) is 34.5 Å². The van der Waals surface area contributed by atoms with Crippen molar-refractivity contribution in [2.24, 2.45) is 0 Å². The highest BCUT2D eigenvalue weighted by molar-refractivity contribution is 9.10. The topological polar surface area (TPSA) is 54.7 Å². The summed E-state index contributed by atoms with van der Waals surface area (Å²) < 4.78 is 0.968. The van der Waals surface area contributed by atoms with Gasteiger partial charge in [-0.25, -0.2) is 0 Å². The van der Waals surface area contributed by atoms with Crippen LogP contribution in [-0.4, -0.2) is 10.2 Å². The molecule has 3 N–H and O–H groups in total. The van der Waals surface area contributed by atoms with Gasteiger partial charge in [0.1, 0.15) is 5.82 Å². The van der Waals surface area contributed by atoms with Crippen LogP contribution < -0.4 is 5.73 Å². The number of anilines is 1. The smallest absolute Gasteiger partial charge is 0.149 e. The molecule has 0 aliphatic rings. The van der Waals surface area contributed by atoms with Crippen molar-refractivity contribution >= 4 is 33.3 Å². The van der Waals surface area contributed by atoms with E-state index in [4.69, 9.17) is 17.3 Å². The fourth-order valence-electron chi connectivity index (χ4n) is 1.65. The largest absolute Gasteiger partial charge is 0.382 e. The first kappa shape index (κ1) is 11.5. The van der Waals surface area contributed by atoms with Crippen LogP contribution in [-0.2, 0) is 6.42 Å². The molecule has 0 spiro atoms. The maximum absolute atomic E-state index is 5.98. The van der Waals surface area contributed by atoms with Crippen LogP contribution in [0.3, 0.4) is 0 Å². The third kappa shape index (κ3) is 1.95. The number of aromatic amines is 1. The standard InChI is InChI=1S/C11H11BrClN3/c1-2-7-10(15-16-11(7)14)8-5-6(13)3-4-9(8)12/h3-5H,2H2,1H3,(H3,14,15,16). The number of nitrogens with two attached hydrogens (primary N) is 1. The molecule has 0 radical (unpaired) electrons. The Morgan fingerprint density at radius 2 is 2.25 bits per heavy atom. The number of nitrogens with one attached hydrogen (secondary N) is 1. The van der Waals surface area contributed by atoms with E-state index in [9.17, 15) is 0 Å². The van der Waals surface area contributed by atoms with E-state index in [1.807, 2.05) is 25.1 Å². The van der Waals surface area contributed by atoms with Gasteiger partial charge in [0.25, 0.3) is 0 Å². The number of halogens is 2. The van der Waals surface area contributed by atoms with Gasteiger partial charge in [0.15, 0.2) is 0 Å².